The van der Waals surface area contributed by atoms with Gasteiger partial charge in [-0.2, -0.15) is 0 Å². The summed E-state index contributed by atoms with van der Waals surface area (Å²) in [6.07, 6.45) is 0.908. The van der Waals surface area contributed by atoms with E-state index in [4.69, 9.17) is 11.5 Å². The van der Waals surface area contributed by atoms with Crippen LogP contribution in [-0.4, -0.2) is 78.3 Å². The van der Waals surface area contributed by atoms with E-state index in [-0.39, 0.29) is 37.8 Å². The zero-order valence-electron chi connectivity index (χ0n) is 22.0. The monoisotopic (exact) mass is 560 g/mol. The van der Waals surface area contributed by atoms with Crippen molar-refractivity contribution in [2.24, 2.45) is 16.5 Å². The highest BCUT2D eigenvalue weighted by Gasteiger charge is 2.25. The Morgan fingerprint density at radius 2 is 1.62 bits per heavy atom. The number of aliphatic carboxylic acids is 1. The molecule has 1 aliphatic rings. The lowest BCUT2D eigenvalue weighted by atomic mass is 10.1. The number of carbonyl (C=O) groups excluding carboxylic acids is 5. The lowest BCUT2D eigenvalue weighted by Crippen LogP contribution is -2.52. The molecule has 15 heteroatoms. The number of guanidine groups is 1. The fraction of sp³-hybridized carbons (Fsp3) is 0.480. The predicted octanol–water partition coefficient (Wildman–Crippen LogP) is -2.17. The number of nitrogens with zero attached hydrogens (tertiary/aromatic N) is 1. The van der Waals surface area contributed by atoms with Crippen LogP contribution in [-0.2, 0) is 30.5 Å². The first-order valence-electron chi connectivity index (χ1n) is 12.8. The Morgan fingerprint density at radius 1 is 0.925 bits per heavy atom. The number of carbonyl (C=O) groups is 6. The first-order valence-corrected chi connectivity index (χ1v) is 12.8. The minimum absolute atomic E-state index is 0.0159. The second-order valence-electron chi connectivity index (χ2n) is 9.14. The topological polar surface area (TPSA) is 247 Å². The molecular formula is C25H36N8O7. The van der Waals surface area contributed by atoms with Gasteiger partial charge in [-0.05, 0) is 43.4 Å². The van der Waals surface area contributed by atoms with Crippen LogP contribution in [0.1, 0.15) is 54.4 Å². The van der Waals surface area contributed by atoms with Gasteiger partial charge in [0, 0.05) is 31.6 Å². The molecule has 2 rings (SSSR count). The molecule has 0 radical (unpaired) electrons. The van der Waals surface area contributed by atoms with E-state index < -0.39 is 54.6 Å². The van der Waals surface area contributed by atoms with Gasteiger partial charge in [0.2, 0.25) is 23.6 Å². The Labute approximate surface area is 230 Å². The Morgan fingerprint density at radius 3 is 2.35 bits per heavy atom. The van der Waals surface area contributed by atoms with Crippen LogP contribution in [0, 0.1) is 0 Å². The van der Waals surface area contributed by atoms with Crippen molar-refractivity contribution in [1.29, 1.82) is 0 Å². The molecule has 0 saturated carbocycles. The van der Waals surface area contributed by atoms with E-state index >= 15 is 0 Å². The standard InChI is InChI=1S/C25H36N8O7/c26-25(27)29-10-4-7-17-23(39)31-14-20(35)33-18(12-21(36)37)24(40)30-13-15-5-3-6-16(11-15)22(38)28-9-2-1-8-19(34)32-17/h3,5-6,11,17-18H,1-2,4,7-10,12-14H2,(H,28,38)(H,30,40)(H,31,39)(H,32,34)(H,33,35)(H,36,37)(H4,26,27,29)/t17?,18-/m0/s1. The van der Waals surface area contributed by atoms with E-state index in [0.29, 0.717) is 36.9 Å². The van der Waals surface area contributed by atoms with E-state index in [9.17, 15) is 33.9 Å². The molecule has 2 bridgehead atoms. The van der Waals surface area contributed by atoms with Crippen molar-refractivity contribution in [3.8, 4) is 0 Å². The molecule has 1 unspecified atom stereocenters. The molecule has 1 aliphatic heterocycles. The number of aliphatic imine (C=N–C) groups is 1. The van der Waals surface area contributed by atoms with Crippen LogP contribution < -0.4 is 38.1 Å². The van der Waals surface area contributed by atoms with Gasteiger partial charge in [0.05, 0.1) is 13.0 Å². The third kappa shape index (κ3) is 11.8. The van der Waals surface area contributed by atoms with Crippen LogP contribution in [0.15, 0.2) is 29.3 Å². The summed E-state index contributed by atoms with van der Waals surface area (Å²) in [6.45, 7) is -0.0346. The van der Waals surface area contributed by atoms with Gasteiger partial charge in [-0.15, -0.1) is 0 Å². The van der Waals surface area contributed by atoms with Crippen LogP contribution in [0.3, 0.4) is 0 Å². The molecule has 0 saturated heterocycles. The van der Waals surface area contributed by atoms with Crippen molar-refractivity contribution in [3.05, 3.63) is 35.4 Å². The Hall–Kier alpha value is -4.69. The molecule has 1 aromatic rings. The van der Waals surface area contributed by atoms with Crippen molar-refractivity contribution in [1.82, 2.24) is 26.6 Å². The van der Waals surface area contributed by atoms with E-state index in [2.05, 4.69) is 31.6 Å². The highest BCUT2D eigenvalue weighted by atomic mass is 16.4. The van der Waals surface area contributed by atoms with Gasteiger partial charge in [-0.25, -0.2) is 0 Å². The van der Waals surface area contributed by atoms with Crippen molar-refractivity contribution in [3.63, 3.8) is 0 Å². The average molecular weight is 561 g/mol. The summed E-state index contributed by atoms with van der Waals surface area (Å²) in [5.74, 6) is -4.37. The number of rotatable bonds is 6. The third-order valence-electron chi connectivity index (χ3n) is 5.82. The summed E-state index contributed by atoms with van der Waals surface area (Å²) in [5, 5.41) is 21.9. The van der Waals surface area contributed by atoms with Crippen LogP contribution >= 0.6 is 0 Å². The van der Waals surface area contributed by atoms with Crippen LogP contribution in [0.25, 0.3) is 0 Å². The van der Waals surface area contributed by atoms with Gasteiger partial charge in [-0.3, -0.25) is 33.8 Å². The van der Waals surface area contributed by atoms with Crippen molar-refractivity contribution in [2.75, 3.05) is 19.6 Å². The molecule has 218 valence electrons. The highest BCUT2D eigenvalue weighted by Crippen LogP contribution is 2.07. The predicted molar refractivity (Wildman–Crippen MR) is 144 cm³/mol. The number of nitrogens with one attached hydrogen (secondary N) is 5. The SMILES string of the molecule is NC(N)=NCCCC1NC(=O)CCCCNC(=O)c2cccc(c2)CNC(=O)[C@H](CC(=O)O)NC(=O)CNC1=O. The van der Waals surface area contributed by atoms with Gasteiger partial charge in [0.1, 0.15) is 12.1 Å². The molecule has 0 spiro atoms. The highest BCUT2D eigenvalue weighted by molar-refractivity contribution is 5.95. The maximum Gasteiger partial charge on any atom is 0.305 e. The van der Waals surface area contributed by atoms with Gasteiger partial charge >= 0.3 is 5.97 Å². The normalized spacial score (nSPS) is 19.9. The first kappa shape index (κ1) is 31.5. The number of hydrogen-bond acceptors (Lipinski definition) is 7. The first-order chi connectivity index (χ1) is 19.0. The molecular weight excluding hydrogens is 524 g/mol. The number of carboxylic acids is 1. The zero-order chi connectivity index (χ0) is 29.5. The second-order valence-corrected chi connectivity index (χ2v) is 9.14. The fourth-order valence-corrected chi connectivity index (χ4v) is 3.81. The van der Waals surface area contributed by atoms with E-state index in [1.165, 1.54) is 0 Å². The smallest absolute Gasteiger partial charge is 0.305 e. The number of nitrogens with two attached hydrogens (primary N) is 2. The number of benzene rings is 1. The summed E-state index contributed by atoms with van der Waals surface area (Å²) >= 11 is 0. The third-order valence-corrected chi connectivity index (χ3v) is 5.82. The molecule has 15 nitrogen and oxygen atoms in total. The van der Waals surface area contributed by atoms with Crippen LogP contribution in [0.4, 0.5) is 0 Å². The van der Waals surface area contributed by atoms with Crippen molar-refractivity contribution in [2.45, 2.75) is 57.2 Å². The van der Waals surface area contributed by atoms with Gasteiger partial charge < -0.3 is 43.2 Å². The Balaban J connectivity index is 2.18. The maximum atomic E-state index is 12.8. The van der Waals surface area contributed by atoms with Crippen LogP contribution in [0.5, 0.6) is 0 Å². The van der Waals surface area contributed by atoms with E-state index in [1.54, 1.807) is 24.3 Å². The Bertz CT molecular complexity index is 1120. The average Bonchev–Trinajstić information content (AvgIpc) is 2.90. The van der Waals surface area contributed by atoms with Crippen molar-refractivity contribution >= 4 is 41.5 Å². The second kappa shape index (κ2) is 16.3. The molecule has 0 fully saturated rings. The maximum absolute atomic E-state index is 12.8. The summed E-state index contributed by atoms with van der Waals surface area (Å²) < 4.78 is 0. The fourth-order valence-electron chi connectivity index (χ4n) is 3.81. The minimum atomic E-state index is -1.42. The van der Waals surface area contributed by atoms with E-state index in [1.807, 2.05) is 0 Å². The van der Waals surface area contributed by atoms with Crippen LogP contribution in [0.2, 0.25) is 0 Å². The van der Waals surface area contributed by atoms with Crippen molar-refractivity contribution < 1.29 is 33.9 Å². The molecule has 10 N–H and O–H groups in total. The molecule has 0 aliphatic carbocycles. The van der Waals surface area contributed by atoms with E-state index in [0.717, 1.165) is 0 Å². The zero-order valence-corrected chi connectivity index (χ0v) is 22.0. The summed E-state index contributed by atoms with van der Waals surface area (Å²) in [5.41, 5.74) is 11.6. The molecule has 40 heavy (non-hydrogen) atoms. The minimum Gasteiger partial charge on any atom is -0.481 e. The number of carboxylic acid groups (broad SMARTS) is 1. The molecule has 1 aromatic carbocycles. The summed E-state index contributed by atoms with van der Waals surface area (Å²) in [7, 11) is 0. The number of hydrogen-bond donors (Lipinski definition) is 8. The molecule has 1 heterocycles. The van der Waals surface area contributed by atoms with Gasteiger partial charge in [0.25, 0.3) is 5.91 Å². The van der Waals surface area contributed by atoms with Gasteiger partial charge in [0.15, 0.2) is 5.96 Å². The largest absolute Gasteiger partial charge is 0.481 e. The lowest BCUT2D eigenvalue weighted by Gasteiger charge is -2.20. The summed E-state index contributed by atoms with van der Waals surface area (Å²) in [4.78, 5) is 78.1. The Kier molecular flexibility index (Phi) is 12.9. The molecule has 0 aromatic heterocycles. The number of amides is 5. The lowest BCUT2D eigenvalue weighted by molar-refractivity contribution is -0.140. The summed E-state index contributed by atoms with van der Waals surface area (Å²) in [6, 6.07) is 4.10. The van der Waals surface area contributed by atoms with Gasteiger partial charge in [-0.1, -0.05) is 12.1 Å². The number of fused-ring (bicyclic) bond motifs is 2. The molecule has 5 amide bonds. The molecule has 2 atom stereocenters. The quantitative estimate of drug-likeness (QED) is 0.107.